The number of thiazole rings is 1. The number of fused-ring (bicyclic) bond motifs is 1. The molecule has 2 aliphatic rings. The number of likely N-dealkylation sites (tertiary alicyclic amines) is 1. The van der Waals surface area contributed by atoms with Crippen LogP contribution >= 0.6 is 11.3 Å². The van der Waals surface area contributed by atoms with Crippen molar-refractivity contribution in [1.82, 2.24) is 19.2 Å². The maximum absolute atomic E-state index is 12.2. The molecule has 2 aromatic rings. The lowest BCUT2D eigenvalue weighted by Crippen LogP contribution is -2.50. The van der Waals surface area contributed by atoms with Crippen LogP contribution in [0, 0.1) is 0 Å². The van der Waals surface area contributed by atoms with E-state index >= 15 is 0 Å². The lowest BCUT2D eigenvalue weighted by atomic mass is 10.1. The molecule has 136 valence electrons. The van der Waals surface area contributed by atoms with Gasteiger partial charge in [0, 0.05) is 49.9 Å². The molecule has 0 aromatic carbocycles. The molecule has 0 spiro atoms. The van der Waals surface area contributed by atoms with Crippen LogP contribution in [0.3, 0.4) is 0 Å². The van der Waals surface area contributed by atoms with E-state index in [9.17, 15) is 4.79 Å². The van der Waals surface area contributed by atoms with Gasteiger partial charge in [0.05, 0.1) is 17.9 Å². The van der Waals surface area contributed by atoms with Gasteiger partial charge in [0.25, 0.3) is 5.56 Å². The fraction of sp³-hybridized carbons (Fsp3) is 0.667. The first-order valence-electron chi connectivity index (χ1n) is 9.16. The van der Waals surface area contributed by atoms with Gasteiger partial charge in [0.15, 0.2) is 4.96 Å². The summed E-state index contributed by atoms with van der Waals surface area (Å²) in [6, 6.07) is 2.23. The van der Waals surface area contributed by atoms with Crippen molar-refractivity contribution in [2.45, 2.75) is 51.5 Å². The predicted octanol–water partition coefficient (Wildman–Crippen LogP) is 1.83. The quantitative estimate of drug-likeness (QED) is 0.831. The second-order valence-corrected chi connectivity index (χ2v) is 8.26. The lowest BCUT2D eigenvalue weighted by molar-refractivity contribution is -0.0724. The second kappa shape index (κ2) is 7.15. The Morgan fingerprint density at radius 3 is 2.92 bits per heavy atom. The Labute approximate surface area is 152 Å². The van der Waals surface area contributed by atoms with Crippen LogP contribution in [0.2, 0.25) is 0 Å². The molecule has 0 aliphatic carbocycles. The van der Waals surface area contributed by atoms with Crippen molar-refractivity contribution in [3.05, 3.63) is 33.7 Å². The number of nitrogens with zero attached hydrogens (tertiary/aromatic N) is 4. The van der Waals surface area contributed by atoms with Gasteiger partial charge in [-0.15, -0.1) is 11.3 Å². The zero-order chi connectivity index (χ0) is 17.4. The van der Waals surface area contributed by atoms with Crippen LogP contribution in [0.5, 0.6) is 0 Å². The van der Waals surface area contributed by atoms with Crippen molar-refractivity contribution < 1.29 is 4.74 Å². The zero-order valence-corrected chi connectivity index (χ0v) is 15.7. The number of hydrogen-bond acceptors (Lipinski definition) is 6. The molecule has 0 bridgehead atoms. The molecule has 0 amide bonds. The third kappa shape index (κ3) is 3.79. The van der Waals surface area contributed by atoms with Crippen molar-refractivity contribution in [1.29, 1.82) is 0 Å². The summed E-state index contributed by atoms with van der Waals surface area (Å²) in [4.78, 5) is 22.7. The van der Waals surface area contributed by atoms with Gasteiger partial charge in [-0.25, -0.2) is 4.98 Å². The number of ether oxygens (including phenoxy) is 1. The molecule has 2 saturated heterocycles. The number of rotatable bonds is 4. The molecule has 0 radical (unpaired) electrons. The van der Waals surface area contributed by atoms with Crippen molar-refractivity contribution >= 4 is 16.3 Å². The highest BCUT2D eigenvalue weighted by Crippen LogP contribution is 2.22. The van der Waals surface area contributed by atoms with Crippen LogP contribution < -0.4 is 5.56 Å². The molecule has 6 nitrogen and oxygen atoms in total. The number of hydrogen-bond donors (Lipinski definition) is 0. The van der Waals surface area contributed by atoms with Crippen molar-refractivity contribution in [3.8, 4) is 0 Å². The molecule has 25 heavy (non-hydrogen) atoms. The monoisotopic (exact) mass is 362 g/mol. The van der Waals surface area contributed by atoms with Crippen LogP contribution in [0.15, 0.2) is 22.4 Å². The van der Waals surface area contributed by atoms with Gasteiger partial charge in [-0.2, -0.15) is 0 Å². The standard InChI is InChI=1S/C18H26N4O2S/c1-13-9-20(10-14(2)24-13)12-16-4-3-5-21(16)11-15-8-17(23)22-6-7-25-18(22)19-15/h6-8,13-14,16H,3-5,9-12H2,1-2H3. The van der Waals surface area contributed by atoms with Gasteiger partial charge in [-0.05, 0) is 33.2 Å². The zero-order valence-electron chi connectivity index (χ0n) is 14.9. The minimum atomic E-state index is 0.0211. The molecule has 0 saturated carbocycles. The third-order valence-electron chi connectivity index (χ3n) is 5.18. The molecular formula is C18H26N4O2S. The van der Waals surface area contributed by atoms with Crippen LogP contribution in [0.1, 0.15) is 32.4 Å². The molecule has 3 unspecified atom stereocenters. The van der Waals surface area contributed by atoms with Crippen molar-refractivity contribution in [3.63, 3.8) is 0 Å². The van der Waals surface area contributed by atoms with Gasteiger partial charge in [0.2, 0.25) is 0 Å². The topological polar surface area (TPSA) is 50.1 Å². The van der Waals surface area contributed by atoms with E-state index in [0.717, 1.165) is 43.4 Å². The molecule has 4 heterocycles. The van der Waals surface area contributed by atoms with E-state index < -0.39 is 0 Å². The fourth-order valence-electron chi connectivity index (χ4n) is 4.22. The Balaban J connectivity index is 1.44. The first kappa shape index (κ1) is 17.1. The van der Waals surface area contributed by atoms with E-state index in [2.05, 4.69) is 28.6 Å². The second-order valence-electron chi connectivity index (χ2n) is 7.38. The Bertz CT molecular complexity index is 779. The summed E-state index contributed by atoms with van der Waals surface area (Å²) in [5, 5.41) is 1.91. The van der Waals surface area contributed by atoms with E-state index in [0.29, 0.717) is 18.2 Å². The largest absolute Gasteiger partial charge is 0.373 e. The summed E-state index contributed by atoms with van der Waals surface area (Å²) in [5.41, 5.74) is 0.913. The molecule has 2 aliphatic heterocycles. The lowest BCUT2D eigenvalue weighted by Gasteiger charge is -2.38. The molecule has 4 rings (SSSR count). The average Bonchev–Trinajstić information content (AvgIpc) is 3.16. The van der Waals surface area contributed by atoms with Crippen LogP contribution in [0.4, 0.5) is 0 Å². The van der Waals surface area contributed by atoms with E-state index in [1.165, 1.54) is 24.2 Å². The summed E-state index contributed by atoms with van der Waals surface area (Å²) in [5.74, 6) is 0. The number of aromatic nitrogens is 2. The highest BCUT2D eigenvalue weighted by atomic mass is 32.1. The summed E-state index contributed by atoms with van der Waals surface area (Å²) >= 11 is 1.51. The summed E-state index contributed by atoms with van der Waals surface area (Å²) in [6.45, 7) is 9.27. The summed E-state index contributed by atoms with van der Waals surface area (Å²) in [6.07, 6.45) is 4.85. The third-order valence-corrected chi connectivity index (χ3v) is 5.94. The highest BCUT2D eigenvalue weighted by Gasteiger charge is 2.30. The Kier molecular flexibility index (Phi) is 4.90. The molecular weight excluding hydrogens is 336 g/mol. The van der Waals surface area contributed by atoms with Gasteiger partial charge >= 0.3 is 0 Å². The smallest absolute Gasteiger partial charge is 0.258 e. The number of morpholine rings is 1. The molecule has 2 fully saturated rings. The average molecular weight is 362 g/mol. The maximum atomic E-state index is 12.2. The minimum Gasteiger partial charge on any atom is -0.373 e. The van der Waals surface area contributed by atoms with Crippen LogP contribution in [-0.2, 0) is 11.3 Å². The van der Waals surface area contributed by atoms with Gasteiger partial charge in [-0.1, -0.05) is 0 Å². The summed E-state index contributed by atoms with van der Waals surface area (Å²) in [7, 11) is 0. The molecule has 2 aromatic heterocycles. The first-order valence-corrected chi connectivity index (χ1v) is 10.0. The van der Waals surface area contributed by atoms with E-state index in [4.69, 9.17) is 4.74 Å². The Morgan fingerprint density at radius 2 is 2.12 bits per heavy atom. The molecule has 0 N–H and O–H groups in total. The van der Waals surface area contributed by atoms with Crippen molar-refractivity contribution in [2.75, 3.05) is 26.2 Å². The van der Waals surface area contributed by atoms with Gasteiger partial charge in [0.1, 0.15) is 0 Å². The van der Waals surface area contributed by atoms with Gasteiger partial charge in [-0.3, -0.25) is 19.0 Å². The highest BCUT2D eigenvalue weighted by molar-refractivity contribution is 7.15. The minimum absolute atomic E-state index is 0.0211. The predicted molar refractivity (Wildman–Crippen MR) is 99.2 cm³/mol. The molecule has 3 atom stereocenters. The van der Waals surface area contributed by atoms with E-state index in [-0.39, 0.29) is 5.56 Å². The normalized spacial score (nSPS) is 28.8. The Morgan fingerprint density at radius 1 is 1.32 bits per heavy atom. The Hall–Kier alpha value is -1.28. The van der Waals surface area contributed by atoms with Crippen LogP contribution in [0.25, 0.3) is 4.96 Å². The van der Waals surface area contributed by atoms with E-state index in [1.54, 1.807) is 16.7 Å². The van der Waals surface area contributed by atoms with Gasteiger partial charge < -0.3 is 4.74 Å². The van der Waals surface area contributed by atoms with Crippen molar-refractivity contribution in [2.24, 2.45) is 0 Å². The molecule has 7 heteroatoms. The van der Waals surface area contributed by atoms with Crippen LogP contribution in [-0.4, -0.2) is 63.6 Å². The summed E-state index contributed by atoms with van der Waals surface area (Å²) < 4.78 is 7.47. The fourth-order valence-corrected chi connectivity index (χ4v) is 4.96. The SMILES string of the molecule is CC1CN(CC2CCCN2Cc2cc(=O)n3ccsc3n2)CC(C)O1. The maximum Gasteiger partial charge on any atom is 0.258 e. The van der Waals surface area contributed by atoms with E-state index in [1.807, 2.05) is 5.38 Å². The first-order chi connectivity index (χ1) is 12.1.